The van der Waals surface area contributed by atoms with Gasteiger partial charge in [-0.05, 0) is 26.3 Å². The second kappa shape index (κ2) is 9.29. The maximum absolute atomic E-state index is 14.2. The number of carbonyl (C=O) groups is 1. The molecule has 1 rings (SSSR count). The van der Waals surface area contributed by atoms with Crippen molar-refractivity contribution in [3.8, 4) is 0 Å². The van der Waals surface area contributed by atoms with Gasteiger partial charge < -0.3 is 14.8 Å². The molecule has 1 aromatic carbocycles. The molecule has 0 bridgehead atoms. The second-order valence-electron chi connectivity index (χ2n) is 5.92. The Morgan fingerprint density at radius 2 is 1.95 bits per heavy atom. The fourth-order valence-electron chi connectivity index (χ4n) is 1.66. The van der Waals surface area contributed by atoms with Crippen molar-refractivity contribution in [2.75, 3.05) is 11.0 Å². The average molecular weight is 423 g/mol. The molecule has 124 valence electrons. The zero-order valence-electron chi connectivity index (χ0n) is 13.1. The molecule has 6 heteroatoms. The van der Waals surface area contributed by atoms with Crippen molar-refractivity contribution in [2.24, 2.45) is 0 Å². The first kappa shape index (κ1) is 19.2. The summed E-state index contributed by atoms with van der Waals surface area (Å²) < 4.78 is 25.1. The summed E-state index contributed by atoms with van der Waals surface area (Å²) in [5.41, 5.74) is 0.385. The number of hydrogen-bond acceptors (Lipinski definition) is 3. The minimum absolute atomic E-state index is 0.0711. The quantitative estimate of drug-likeness (QED) is 0.535. The van der Waals surface area contributed by atoms with Crippen LogP contribution in [0.3, 0.4) is 0 Å². The number of halogens is 2. The van der Waals surface area contributed by atoms with Crippen molar-refractivity contribution in [2.45, 2.75) is 45.2 Å². The number of rotatable bonds is 7. The lowest BCUT2D eigenvalue weighted by atomic mass is 10.2. The Morgan fingerprint density at radius 3 is 2.50 bits per heavy atom. The van der Waals surface area contributed by atoms with E-state index in [-0.39, 0.29) is 6.61 Å². The lowest BCUT2D eigenvalue weighted by Crippen LogP contribution is -2.46. The summed E-state index contributed by atoms with van der Waals surface area (Å²) in [4.78, 5) is 11.7. The van der Waals surface area contributed by atoms with Gasteiger partial charge in [0.2, 0.25) is 0 Å². The highest BCUT2D eigenvalue weighted by Gasteiger charge is 2.25. The largest absolute Gasteiger partial charge is 0.444 e. The Morgan fingerprint density at radius 1 is 1.32 bits per heavy atom. The minimum Gasteiger partial charge on any atom is -0.444 e. The molecule has 0 aromatic heterocycles. The molecular weight excluding hydrogens is 400 g/mol. The number of amides is 1. The first-order chi connectivity index (χ1) is 10.3. The van der Waals surface area contributed by atoms with Crippen LogP contribution < -0.4 is 5.32 Å². The van der Waals surface area contributed by atoms with E-state index in [1.807, 2.05) is 52.9 Å². The zero-order valence-corrected chi connectivity index (χ0v) is 15.3. The van der Waals surface area contributed by atoms with Crippen LogP contribution in [0.2, 0.25) is 0 Å². The van der Waals surface area contributed by atoms with Crippen LogP contribution in [-0.2, 0) is 16.1 Å². The first-order valence-electron chi connectivity index (χ1n) is 7.13. The fourth-order valence-corrected chi connectivity index (χ4v) is 2.44. The van der Waals surface area contributed by atoms with Crippen molar-refractivity contribution in [1.29, 1.82) is 0 Å². The molecular formula is C16H23FINO3. The third-order valence-corrected chi connectivity index (χ3v) is 3.64. The molecule has 0 saturated carbocycles. The van der Waals surface area contributed by atoms with Crippen LogP contribution in [0.4, 0.5) is 9.18 Å². The van der Waals surface area contributed by atoms with Gasteiger partial charge in [0, 0.05) is 4.43 Å². The fraction of sp³-hybridized carbons (Fsp3) is 0.562. The smallest absolute Gasteiger partial charge is 0.407 e. The summed E-state index contributed by atoms with van der Waals surface area (Å²) >= 11 is 2.03. The molecule has 0 fully saturated rings. The van der Waals surface area contributed by atoms with Crippen LogP contribution in [0, 0.1) is 0 Å². The highest BCUT2D eigenvalue weighted by Crippen LogP contribution is 2.10. The average Bonchev–Trinajstić information content (AvgIpc) is 2.44. The van der Waals surface area contributed by atoms with Gasteiger partial charge in [0.15, 0.2) is 0 Å². The van der Waals surface area contributed by atoms with Crippen LogP contribution in [0.25, 0.3) is 0 Å². The summed E-state index contributed by atoms with van der Waals surface area (Å²) in [7, 11) is 0. The van der Waals surface area contributed by atoms with Crippen molar-refractivity contribution in [1.82, 2.24) is 5.32 Å². The molecule has 0 saturated heterocycles. The monoisotopic (exact) mass is 423 g/mol. The van der Waals surface area contributed by atoms with E-state index in [9.17, 15) is 9.18 Å². The normalized spacial score (nSPS) is 14.2. The number of nitrogens with one attached hydrogen (secondary N) is 1. The summed E-state index contributed by atoms with van der Waals surface area (Å²) in [5.74, 6) is 0. The Hall–Kier alpha value is -0.890. The predicted molar refractivity (Wildman–Crippen MR) is 93.0 cm³/mol. The number of benzene rings is 1. The Labute approximate surface area is 144 Å². The molecule has 1 aromatic rings. The molecule has 1 N–H and O–H groups in total. The van der Waals surface area contributed by atoms with Crippen molar-refractivity contribution in [3.05, 3.63) is 35.9 Å². The van der Waals surface area contributed by atoms with Crippen molar-refractivity contribution in [3.63, 3.8) is 0 Å². The van der Waals surface area contributed by atoms with E-state index in [0.717, 1.165) is 5.56 Å². The highest BCUT2D eigenvalue weighted by molar-refractivity contribution is 14.1. The van der Waals surface area contributed by atoms with Gasteiger partial charge in [0.25, 0.3) is 0 Å². The van der Waals surface area contributed by atoms with Crippen LogP contribution >= 0.6 is 22.6 Å². The van der Waals surface area contributed by atoms with E-state index in [0.29, 0.717) is 11.0 Å². The van der Waals surface area contributed by atoms with E-state index < -0.39 is 23.9 Å². The number of alkyl carbamates (subject to hydrolysis) is 1. The second-order valence-corrected chi connectivity index (χ2v) is 6.80. The number of hydrogen-bond donors (Lipinski definition) is 1. The van der Waals surface area contributed by atoms with Gasteiger partial charge >= 0.3 is 6.09 Å². The standard InChI is InChI=1S/C16H23FINO3/c1-16(2,3)22-15(20)19-14(9-18)13(17)11-21-10-12-7-5-4-6-8-12/h4-8,13-14H,9-11H2,1-3H3,(H,19,20)/t13-,14-/m1/s1. The van der Waals surface area contributed by atoms with E-state index >= 15 is 0 Å². The minimum atomic E-state index is -1.28. The van der Waals surface area contributed by atoms with E-state index in [2.05, 4.69) is 5.32 Å². The lowest BCUT2D eigenvalue weighted by Gasteiger charge is -2.24. The molecule has 1 amide bonds. The molecule has 0 aliphatic heterocycles. The van der Waals surface area contributed by atoms with Crippen LogP contribution in [0.5, 0.6) is 0 Å². The molecule has 0 aliphatic rings. The van der Waals surface area contributed by atoms with E-state index in [1.165, 1.54) is 0 Å². The molecule has 0 unspecified atom stereocenters. The summed E-state index contributed by atoms with van der Waals surface area (Å²) in [6.07, 6.45) is -1.90. The number of carbonyl (C=O) groups excluding carboxylic acids is 1. The van der Waals surface area contributed by atoms with Crippen LogP contribution in [0.15, 0.2) is 30.3 Å². The molecule has 0 aliphatic carbocycles. The van der Waals surface area contributed by atoms with Gasteiger partial charge in [-0.15, -0.1) is 0 Å². The van der Waals surface area contributed by atoms with Gasteiger partial charge in [-0.2, -0.15) is 0 Å². The molecule has 0 radical (unpaired) electrons. The first-order valence-corrected chi connectivity index (χ1v) is 8.65. The van der Waals surface area contributed by atoms with E-state index in [1.54, 1.807) is 20.8 Å². The molecule has 4 nitrogen and oxygen atoms in total. The number of ether oxygens (including phenoxy) is 2. The molecule has 0 spiro atoms. The SMILES string of the molecule is CC(C)(C)OC(=O)N[C@H](CI)[C@H](F)COCc1ccccc1. The summed E-state index contributed by atoms with van der Waals surface area (Å²) in [6, 6.07) is 8.93. The molecule has 22 heavy (non-hydrogen) atoms. The Balaban J connectivity index is 2.37. The summed E-state index contributed by atoms with van der Waals surface area (Å²) in [5, 5.41) is 2.55. The maximum atomic E-state index is 14.2. The topological polar surface area (TPSA) is 47.6 Å². The van der Waals surface area contributed by atoms with Crippen molar-refractivity contribution < 1.29 is 18.7 Å². The summed E-state index contributed by atoms with van der Waals surface area (Å²) in [6.45, 7) is 5.57. The third kappa shape index (κ3) is 7.93. The third-order valence-electron chi connectivity index (χ3n) is 2.69. The lowest BCUT2D eigenvalue weighted by molar-refractivity contribution is 0.0367. The predicted octanol–water partition coefficient (Wildman–Crippen LogP) is 3.87. The van der Waals surface area contributed by atoms with Gasteiger partial charge in [0.05, 0.1) is 19.3 Å². The van der Waals surface area contributed by atoms with Gasteiger partial charge in [-0.3, -0.25) is 0 Å². The van der Waals surface area contributed by atoms with Gasteiger partial charge in [-0.25, -0.2) is 9.18 Å². The number of alkyl halides is 2. The Kier molecular flexibility index (Phi) is 8.09. The van der Waals surface area contributed by atoms with Crippen molar-refractivity contribution >= 4 is 28.7 Å². The van der Waals surface area contributed by atoms with Gasteiger partial charge in [-0.1, -0.05) is 52.9 Å². The molecule has 2 atom stereocenters. The Bertz CT molecular complexity index is 450. The maximum Gasteiger partial charge on any atom is 0.407 e. The van der Waals surface area contributed by atoms with Crippen LogP contribution in [-0.4, -0.2) is 34.9 Å². The zero-order chi connectivity index (χ0) is 16.6. The highest BCUT2D eigenvalue weighted by atomic mass is 127. The van der Waals surface area contributed by atoms with Gasteiger partial charge in [0.1, 0.15) is 11.8 Å². The van der Waals surface area contributed by atoms with Crippen LogP contribution in [0.1, 0.15) is 26.3 Å². The van der Waals surface area contributed by atoms with E-state index in [4.69, 9.17) is 9.47 Å². The molecule has 0 heterocycles.